The average molecular weight is 328 g/mol. The lowest BCUT2D eigenvalue weighted by atomic mass is 10.0. The molecule has 0 amide bonds. The molecule has 23 heavy (non-hydrogen) atoms. The van der Waals surface area contributed by atoms with E-state index < -0.39 is 0 Å². The van der Waals surface area contributed by atoms with Crippen molar-refractivity contribution in [3.63, 3.8) is 0 Å². The van der Waals surface area contributed by atoms with Gasteiger partial charge in [0, 0.05) is 46.1 Å². The Kier molecular flexibility index (Phi) is 13.0. The molecule has 0 aliphatic carbocycles. The van der Waals surface area contributed by atoms with Crippen molar-refractivity contribution in [2.75, 3.05) is 46.1 Å². The predicted octanol–water partition coefficient (Wildman–Crippen LogP) is 2.96. The predicted molar refractivity (Wildman–Crippen MR) is 97.1 cm³/mol. The zero-order chi connectivity index (χ0) is 16.6. The lowest BCUT2D eigenvalue weighted by Crippen LogP contribution is -2.37. The first-order valence-corrected chi connectivity index (χ1v) is 9.54. The Hall–Kier alpha value is -0.810. The van der Waals surface area contributed by atoms with E-state index in [9.17, 15) is 0 Å². The third-order valence-corrected chi connectivity index (χ3v) is 4.08. The first-order valence-electron chi connectivity index (χ1n) is 9.54. The molecule has 136 valence electrons. The average Bonchev–Trinajstić information content (AvgIpc) is 2.58. The Morgan fingerprint density at radius 3 is 2.65 bits per heavy atom. The highest BCUT2D eigenvalue weighted by Crippen LogP contribution is 2.14. The molecule has 0 radical (unpaired) electrons. The third-order valence-electron chi connectivity index (χ3n) is 4.08. The smallest absolute Gasteiger partial charge is 0.191 e. The van der Waals surface area contributed by atoms with Gasteiger partial charge in [-0.25, -0.2) is 0 Å². The monoisotopic (exact) mass is 327 g/mol. The van der Waals surface area contributed by atoms with E-state index in [1.807, 2.05) is 0 Å². The van der Waals surface area contributed by atoms with Crippen molar-refractivity contribution in [3.8, 4) is 0 Å². The molecule has 0 spiro atoms. The van der Waals surface area contributed by atoms with Crippen molar-refractivity contribution in [3.05, 3.63) is 0 Å². The summed E-state index contributed by atoms with van der Waals surface area (Å²) in [6.45, 7) is 10.5. The summed E-state index contributed by atoms with van der Waals surface area (Å²) in [6, 6.07) is 0. The summed E-state index contributed by atoms with van der Waals surface area (Å²) >= 11 is 0. The molecule has 1 saturated heterocycles. The lowest BCUT2D eigenvalue weighted by molar-refractivity contribution is 0.0205. The lowest BCUT2D eigenvalue weighted by Gasteiger charge is -2.21. The number of nitrogens with zero attached hydrogens (tertiary/aromatic N) is 1. The first-order chi connectivity index (χ1) is 11.4. The van der Waals surface area contributed by atoms with E-state index in [4.69, 9.17) is 9.47 Å². The zero-order valence-corrected chi connectivity index (χ0v) is 15.2. The number of ether oxygens (including phenoxy) is 2. The highest BCUT2D eigenvalue weighted by atomic mass is 16.5. The van der Waals surface area contributed by atoms with Crippen molar-refractivity contribution in [2.45, 2.75) is 58.8 Å². The number of guanidine groups is 1. The van der Waals surface area contributed by atoms with Crippen LogP contribution in [-0.4, -0.2) is 52.0 Å². The van der Waals surface area contributed by atoms with E-state index >= 15 is 0 Å². The van der Waals surface area contributed by atoms with Gasteiger partial charge in [0.2, 0.25) is 0 Å². The van der Waals surface area contributed by atoms with Gasteiger partial charge in [-0.3, -0.25) is 4.99 Å². The second kappa shape index (κ2) is 14.8. The van der Waals surface area contributed by atoms with Crippen LogP contribution in [0.25, 0.3) is 0 Å². The van der Waals surface area contributed by atoms with Gasteiger partial charge in [0.15, 0.2) is 5.96 Å². The summed E-state index contributed by atoms with van der Waals surface area (Å²) in [4.78, 5) is 4.61. The van der Waals surface area contributed by atoms with Crippen LogP contribution in [0.1, 0.15) is 58.8 Å². The second-order valence-corrected chi connectivity index (χ2v) is 6.23. The van der Waals surface area contributed by atoms with Gasteiger partial charge in [-0.2, -0.15) is 0 Å². The van der Waals surface area contributed by atoms with E-state index in [1.54, 1.807) is 0 Å². The van der Waals surface area contributed by atoms with Gasteiger partial charge >= 0.3 is 0 Å². The topological polar surface area (TPSA) is 54.9 Å². The van der Waals surface area contributed by atoms with Gasteiger partial charge in [0.1, 0.15) is 0 Å². The summed E-state index contributed by atoms with van der Waals surface area (Å²) in [5.74, 6) is 1.63. The van der Waals surface area contributed by atoms with Gasteiger partial charge in [0.25, 0.3) is 0 Å². The fourth-order valence-electron chi connectivity index (χ4n) is 2.62. The summed E-state index contributed by atoms with van der Waals surface area (Å²) < 4.78 is 11.1. The molecule has 1 aliphatic heterocycles. The fourth-order valence-corrected chi connectivity index (χ4v) is 2.62. The van der Waals surface area contributed by atoms with E-state index in [2.05, 4.69) is 29.5 Å². The molecule has 0 aromatic carbocycles. The van der Waals surface area contributed by atoms with Crippen molar-refractivity contribution in [1.29, 1.82) is 0 Å². The van der Waals surface area contributed by atoms with Crippen LogP contribution in [0.5, 0.6) is 0 Å². The normalized spacial score (nSPS) is 16.5. The molecule has 0 bridgehead atoms. The van der Waals surface area contributed by atoms with E-state index in [0.717, 1.165) is 71.3 Å². The number of unbranched alkanes of at least 4 members (excludes halogenated alkanes) is 3. The van der Waals surface area contributed by atoms with Gasteiger partial charge in [-0.05, 0) is 38.5 Å². The van der Waals surface area contributed by atoms with Crippen LogP contribution in [-0.2, 0) is 9.47 Å². The third kappa shape index (κ3) is 11.4. The van der Waals surface area contributed by atoms with Crippen LogP contribution < -0.4 is 10.6 Å². The standard InChI is InChI=1S/C18H37N3O2/c1-3-5-6-7-11-20-18(19-4-2)21-12-8-13-23-16-17-9-14-22-15-10-17/h17H,3-16H2,1-2H3,(H2,19,20,21). The van der Waals surface area contributed by atoms with Crippen molar-refractivity contribution in [1.82, 2.24) is 10.6 Å². The maximum absolute atomic E-state index is 5.77. The van der Waals surface area contributed by atoms with E-state index in [-0.39, 0.29) is 0 Å². The van der Waals surface area contributed by atoms with Crippen LogP contribution in [0.15, 0.2) is 4.99 Å². The van der Waals surface area contributed by atoms with Crippen LogP contribution in [0.2, 0.25) is 0 Å². The molecule has 5 heteroatoms. The summed E-state index contributed by atoms with van der Waals surface area (Å²) in [5, 5.41) is 6.71. The van der Waals surface area contributed by atoms with Gasteiger partial charge in [0.05, 0.1) is 0 Å². The molecule has 1 aliphatic rings. The minimum Gasteiger partial charge on any atom is -0.381 e. The van der Waals surface area contributed by atoms with Crippen molar-refractivity contribution < 1.29 is 9.47 Å². The minimum absolute atomic E-state index is 0.689. The van der Waals surface area contributed by atoms with Gasteiger partial charge in [-0.1, -0.05) is 26.2 Å². The molecule has 0 aromatic rings. The van der Waals surface area contributed by atoms with Gasteiger partial charge < -0.3 is 20.1 Å². The first kappa shape index (κ1) is 20.2. The highest BCUT2D eigenvalue weighted by Gasteiger charge is 2.13. The van der Waals surface area contributed by atoms with E-state index in [0.29, 0.717) is 5.92 Å². The minimum atomic E-state index is 0.689. The number of aliphatic imine (C=N–C) groups is 1. The summed E-state index contributed by atoms with van der Waals surface area (Å²) in [6.07, 6.45) is 8.38. The number of rotatable bonds is 12. The summed E-state index contributed by atoms with van der Waals surface area (Å²) in [7, 11) is 0. The molecule has 0 atom stereocenters. The molecule has 5 nitrogen and oxygen atoms in total. The number of nitrogens with one attached hydrogen (secondary N) is 2. The molecular formula is C18H37N3O2. The fraction of sp³-hybridized carbons (Fsp3) is 0.944. The number of hydrogen-bond donors (Lipinski definition) is 2. The largest absolute Gasteiger partial charge is 0.381 e. The number of hydrogen-bond acceptors (Lipinski definition) is 3. The van der Waals surface area contributed by atoms with Crippen LogP contribution in [0.3, 0.4) is 0 Å². The molecular weight excluding hydrogens is 290 g/mol. The molecule has 1 heterocycles. The van der Waals surface area contributed by atoms with Crippen molar-refractivity contribution in [2.24, 2.45) is 10.9 Å². The van der Waals surface area contributed by atoms with Crippen LogP contribution >= 0.6 is 0 Å². The Labute approximate surface area is 142 Å². The molecule has 2 N–H and O–H groups in total. The highest BCUT2D eigenvalue weighted by molar-refractivity contribution is 5.79. The Balaban J connectivity index is 2.03. The molecule has 0 aromatic heterocycles. The van der Waals surface area contributed by atoms with E-state index in [1.165, 1.54) is 25.7 Å². The quantitative estimate of drug-likeness (QED) is 0.329. The second-order valence-electron chi connectivity index (χ2n) is 6.23. The van der Waals surface area contributed by atoms with Gasteiger partial charge in [-0.15, -0.1) is 0 Å². The maximum atomic E-state index is 5.77. The molecule has 1 fully saturated rings. The Bertz CT molecular complexity index is 292. The van der Waals surface area contributed by atoms with Crippen LogP contribution in [0.4, 0.5) is 0 Å². The molecule has 1 rings (SSSR count). The molecule has 0 unspecified atom stereocenters. The molecule has 0 saturated carbocycles. The SMILES string of the molecule is CCCCCCNC(=NCCCOCC1CCOCC1)NCC. The van der Waals surface area contributed by atoms with Crippen molar-refractivity contribution >= 4 is 5.96 Å². The Morgan fingerprint density at radius 1 is 1.09 bits per heavy atom. The summed E-state index contributed by atoms with van der Waals surface area (Å²) in [5.41, 5.74) is 0. The Morgan fingerprint density at radius 2 is 1.91 bits per heavy atom. The zero-order valence-electron chi connectivity index (χ0n) is 15.2. The van der Waals surface area contributed by atoms with Crippen LogP contribution in [0, 0.1) is 5.92 Å². The maximum Gasteiger partial charge on any atom is 0.191 e.